The summed E-state index contributed by atoms with van der Waals surface area (Å²) >= 11 is 42.0. The highest BCUT2D eigenvalue weighted by atomic mass is 32.2. The van der Waals surface area contributed by atoms with E-state index in [1.54, 1.807) is 282 Å². The molecule has 0 bridgehead atoms. The average molecular weight is 1490 g/mol. The number of hydrogen-bond acceptors (Lipinski definition) is 24. The molecule has 0 aromatic rings. The van der Waals surface area contributed by atoms with Crippen LogP contribution in [0.3, 0.4) is 0 Å². The summed E-state index contributed by atoms with van der Waals surface area (Å²) in [6.45, 7) is 0. The maximum atomic E-state index is 2.04. The minimum absolute atomic E-state index is 1.75. The third kappa shape index (κ3) is 6660. The lowest BCUT2D eigenvalue weighted by molar-refractivity contribution is 2.37. The summed E-state index contributed by atoms with van der Waals surface area (Å²) < 4.78 is 0. The highest BCUT2D eigenvalue weighted by Gasteiger charge is 1.39. The van der Waals surface area contributed by atoms with Gasteiger partial charge >= 0.3 is 0 Å². The largest absolute Gasteiger partial charge is 0.169 e. The highest BCUT2D eigenvalue weighted by Crippen LogP contribution is 1.76. The van der Waals surface area contributed by atoms with E-state index >= 15 is 0 Å². The van der Waals surface area contributed by atoms with Crippen molar-refractivity contribution in [1.82, 2.24) is 0 Å². The molecule has 480 valence electrons. The molecule has 0 aromatic carbocycles. The standard InChI is InChI=1S/24C2H6S/c24*1-3-2/h24*1-2H3. The molecule has 0 saturated carbocycles. The van der Waals surface area contributed by atoms with Crippen molar-refractivity contribution < 1.29 is 0 Å². The van der Waals surface area contributed by atoms with Crippen LogP contribution in [0.5, 0.6) is 0 Å². The lowest BCUT2D eigenvalue weighted by Gasteiger charge is -1.51. The fourth-order valence-electron chi connectivity index (χ4n) is 0. The molecule has 24 heteroatoms. The first-order chi connectivity index (χ1) is 33.9. The molecule has 0 N–H and O–H groups in total. The normalized spacial score (nSPS) is 6.00. The summed E-state index contributed by atoms with van der Waals surface area (Å²) in [6, 6.07) is 0. The first-order valence-corrected chi connectivity index (χ1v) is 58.8. The topological polar surface area (TPSA) is 0 Å². The molecule has 0 aliphatic rings. The van der Waals surface area contributed by atoms with Crippen LogP contribution in [-0.4, -0.2) is 300 Å². The second-order valence-corrected chi connectivity index (χ2v) is 29.4. The molecule has 0 heterocycles. The van der Waals surface area contributed by atoms with Gasteiger partial charge in [-0.15, -0.1) is 0 Å². The molecule has 0 aliphatic heterocycles. The third-order valence-corrected chi connectivity index (χ3v) is 0. The van der Waals surface area contributed by atoms with Gasteiger partial charge in [0.15, 0.2) is 0 Å². The predicted octanol–water partition coefficient (Wildman–Crippen LogP) is 23.5. The molecule has 0 radical (unpaired) electrons. The Kier molecular flexibility index (Phi) is 1030. The maximum absolute atomic E-state index is 2.04. The molecule has 0 spiro atoms. The van der Waals surface area contributed by atoms with Crippen molar-refractivity contribution in [2.45, 2.75) is 0 Å². The first-order valence-electron chi connectivity index (χ1n) is 19.6. The Labute approximate surface area is 574 Å². The Morgan fingerprint density at radius 1 is 0.0556 bits per heavy atom. The zero-order valence-electron chi connectivity index (χ0n) is 57.8. The highest BCUT2D eigenvalue weighted by molar-refractivity contribution is 8.02. The predicted molar refractivity (Wildman–Crippen MR) is 467 cm³/mol. The summed E-state index contributed by atoms with van der Waals surface area (Å²) in [6.07, 6.45) is 98.0. The summed E-state index contributed by atoms with van der Waals surface area (Å²) in [5.74, 6) is 0. The van der Waals surface area contributed by atoms with E-state index in [2.05, 4.69) is 0 Å². The van der Waals surface area contributed by atoms with E-state index in [4.69, 9.17) is 0 Å². The van der Waals surface area contributed by atoms with Gasteiger partial charge in [0.2, 0.25) is 0 Å². The molecule has 0 unspecified atom stereocenters. The minimum Gasteiger partial charge on any atom is -0.169 e. The van der Waals surface area contributed by atoms with Crippen LogP contribution in [-0.2, 0) is 0 Å². The first kappa shape index (κ1) is 159. The molecule has 0 fully saturated rings. The Balaban J connectivity index is -0.0000000152. The van der Waals surface area contributed by atoms with Crippen molar-refractivity contribution in [2.24, 2.45) is 0 Å². The zero-order chi connectivity index (χ0) is 65.0. The molecule has 0 aliphatic carbocycles. The van der Waals surface area contributed by atoms with Gasteiger partial charge in [-0.1, -0.05) is 0 Å². The molecule has 72 heavy (non-hydrogen) atoms. The lowest BCUT2D eigenvalue weighted by atomic mass is 11.9. The minimum atomic E-state index is 1.75. The summed E-state index contributed by atoms with van der Waals surface area (Å²) in [5, 5.41) is 0. The van der Waals surface area contributed by atoms with Gasteiger partial charge in [-0.25, -0.2) is 0 Å². The van der Waals surface area contributed by atoms with Gasteiger partial charge in [0.25, 0.3) is 0 Å². The SMILES string of the molecule is CSC.CSC.CSC.CSC.CSC.CSC.CSC.CSC.CSC.CSC.CSC.CSC.CSC.CSC.CSC.CSC.CSC.CSC.CSC.CSC.CSC.CSC.CSC.CSC. The summed E-state index contributed by atoms with van der Waals surface area (Å²) in [5.41, 5.74) is 0. The molecule has 0 saturated heterocycles. The van der Waals surface area contributed by atoms with Crippen LogP contribution >= 0.6 is 282 Å². The van der Waals surface area contributed by atoms with Crippen LogP contribution in [0.15, 0.2) is 0 Å². The fourth-order valence-corrected chi connectivity index (χ4v) is 0. The van der Waals surface area contributed by atoms with E-state index in [-0.39, 0.29) is 0 Å². The maximum Gasteiger partial charge on any atom is -0.0187 e. The van der Waals surface area contributed by atoms with Gasteiger partial charge in [-0.3, -0.25) is 0 Å². The van der Waals surface area contributed by atoms with Gasteiger partial charge in [-0.05, 0) is 300 Å². The Morgan fingerprint density at radius 3 is 0.0556 bits per heavy atom. The van der Waals surface area contributed by atoms with Crippen LogP contribution < -0.4 is 0 Å². The van der Waals surface area contributed by atoms with Crippen LogP contribution in [0.2, 0.25) is 0 Å². The second-order valence-electron chi connectivity index (χ2n) is 9.80. The van der Waals surface area contributed by atoms with Crippen molar-refractivity contribution in [3.05, 3.63) is 0 Å². The van der Waals surface area contributed by atoms with Gasteiger partial charge < -0.3 is 0 Å². The number of thioether (sulfide) groups is 24. The number of hydrogen-bond donors (Lipinski definition) is 0. The van der Waals surface area contributed by atoms with E-state index < -0.39 is 0 Å². The second kappa shape index (κ2) is 465. The molecular weight excluding hydrogens is 1350 g/mol. The quantitative estimate of drug-likeness (QED) is 0.226. The van der Waals surface area contributed by atoms with Crippen molar-refractivity contribution in [2.75, 3.05) is 300 Å². The van der Waals surface area contributed by atoms with Gasteiger partial charge in [0, 0.05) is 0 Å². The number of rotatable bonds is 0. The van der Waals surface area contributed by atoms with E-state index in [1.807, 2.05) is 300 Å². The molecule has 0 rings (SSSR count). The molecule has 0 nitrogen and oxygen atoms in total. The zero-order valence-corrected chi connectivity index (χ0v) is 77.4. The van der Waals surface area contributed by atoms with E-state index in [9.17, 15) is 0 Å². The van der Waals surface area contributed by atoms with Crippen molar-refractivity contribution in [3.63, 3.8) is 0 Å². The van der Waals surface area contributed by atoms with Crippen molar-refractivity contribution in [3.8, 4) is 0 Å². The molecule has 0 aromatic heterocycles. The van der Waals surface area contributed by atoms with Gasteiger partial charge in [0.1, 0.15) is 0 Å². The van der Waals surface area contributed by atoms with Crippen LogP contribution in [0.25, 0.3) is 0 Å². The van der Waals surface area contributed by atoms with E-state index in [1.165, 1.54) is 0 Å². The third-order valence-electron chi connectivity index (χ3n) is 0. The van der Waals surface area contributed by atoms with Crippen LogP contribution in [0.4, 0.5) is 0 Å². The lowest BCUT2D eigenvalue weighted by Crippen LogP contribution is -1.25. The molecular formula is C48H144S24. The van der Waals surface area contributed by atoms with E-state index in [0.717, 1.165) is 0 Å². The monoisotopic (exact) mass is 1490 g/mol. The Hall–Kier alpha value is 8.40. The fraction of sp³-hybridized carbons (Fsp3) is 1.00. The molecule has 0 atom stereocenters. The van der Waals surface area contributed by atoms with Gasteiger partial charge in [-0.2, -0.15) is 282 Å². The van der Waals surface area contributed by atoms with Crippen molar-refractivity contribution in [1.29, 1.82) is 0 Å². The average Bonchev–Trinajstić information content (AvgIpc) is 3.25. The smallest absolute Gasteiger partial charge is 0.0187 e. The Bertz CT molecular complexity index is 176. The molecule has 0 amide bonds. The van der Waals surface area contributed by atoms with Gasteiger partial charge in [0.05, 0.1) is 0 Å². The summed E-state index contributed by atoms with van der Waals surface area (Å²) in [4.78, 5) is 0. The Morgan fingerprint density at radius 2 is 0.0556 bits per heavy atom. The van der Waals surface area contributed by atoms with E-state index in [0.29, 0.717) is 0 Å². The van der Waals surface area contributed by atoms with Crippen molar-refractivity contribution >= 4 is 282 Å². The summed E-state index contributed by atoms with van der Waals surface area (Å²) in [7, 11) is 0. The van der Waals surface area contributed by atoms with Crippen LogP contribution in [0, 0.1) is 0 Å². The van der Waals surface area contributed by atoms with Crippen LogP contribution in [0.1, 0.15) is 0 Å².